The summed E-state index contributed by atoms with van der Waals surface area (Å²) in [5.74, 6) is 2.11. The highest BCUT2D eigenvalue weighted by Crippen LogP contribution is 2.32. The second-order valence-electron chi connectivity index (χ2n) is 5.57. The van der Waals surface area contributed by atoms with E-state index in [4.69, 9.17) is 9.47 Å². The molecule has 2 rings (SSSR count). The fraction of sp³-hybridized carbons (Fsp3) is 0.562. The van der Waals surface area contributed by atoms with E-state index in [0.29, 0.717) is 5.92 Å². The van der Waals surface area contributed by atoms with Crippen LogP contribution in [-0.2, 0) is 0 Å². The zero-order valence-electron chi connectivity index (χ0n) is 13.1. The van der Waals surface area contributed by atoms with Gasteiger partial charge in [-0.25, -0.2) is 4.79 Å². The van der Waals surface area contributed by atoms with Crippen LogP contribution in [0.3, 0.4) is 0 Å². The summed E-state index contributed by atoms with van der Waals surface area (Å²) in [6.07, 6.45) is 2.42. The molecular formula is C16H24N2O3. The summed E-state index contributed by atoms with van der Waals surface area (Å²) in [6.45, 7) is 3.98. The van der Waals surface area contributed by atoms with Crippen molar-refractivity contribution < 1.29 is 14.3 Å². The third-order valence-corrected chi connectivity index (χ3v) is 3.94. The van der Waals surface area contributed by atoms with E-state index in [-0.39, 0.29) is 18.1 Å². The van der Waals surface area contributed by atoms with Crippen molar-refractivity contribution in [1.82, 2.24) is 10.6 Å². The van der Waals surface area contributed by atoms with Crippen molar-refractivity contribution in [2.24, 2.45) is 5.92 Å². The first-order valence-electron chi connectivity index (χ1n) is 7.34. The lowest BCUT2D eigenvalue weighted by atomic mass is 10.1. The number of carbonyl (C=O) groups is 1. The van der Waals surface area contributed by atoms with Gasteiger partial charge in [-0.15, -0.1) is 0 Å². The summed E-state index contributed by atoms with van der Waals surface area (Å²) in [4.78, 5) is 12.0. The number of ether oxygens (including phenoxy) is 2. The molecule has 0 saturated heterocycles. The van der Waals surface area contributed by atoms with Crippen molar-refractivity contribution in [3.05, 3.63) is 23.8 Å². The predicted molar refractivity (Wildman–Crippen MR) is 81.8 cm³/mol. The molecule has 1 fully saturated rings. The third-order valence-electron chi connectivity index (χ3n) is 3.94. The van der Waals surface area contributed by atoms with E-state index in [0.717, 1.165) is 17.1 Å². The van der Waals surface area contributed by atoms with Gasteiger partial charge in [0, 0.05) is 11.6 Å². The molecule has 2 unspecified atom stereocenters. The molecule has 0 aromatic heterocycles. The zero-order chi connectivity index (χ0) is 15.4. The van der Waals surface area contributed by atoms with Crippen LogP contribution in [0.2, 0.25) is 0 Å². The Labute approximate surface area is 126 Å². The van der Waals surface area contributed by atoms with E-state index in [1.165, 1.54) is 12.8 Å². The Balaban J connectivity index is 2.01. The lowest BCUT2D eigenvalue weighted by Gasteiger charge is -2.20. The highest BCUT2D eigenvalue weighted by atomic mass is 16.5. The monoisotopic (exact) mass is 292 g/mol. The number of amides is 2. The molecule has 0 aliphatic heterocycles. The summed E-state index contributed by atoms with van der Waals surface area (Å²) in [5.41, 5.74) is 0.895. The van der Waals surface area contributed by atoms with Crippen LogP contribution in [0.4, 0.5) is 4.79 Å². The van der Waals surface area contributed by atoms with E-state index < -0.39 is 0 Å². The predicted octanol–water partition coefficient (Wildman–Crippen LogP) is 2.86. The van der Waals surface area contributed by atoms with Crippen LogP contribution in [-0.4, -0.2) is 26.3 Å². The number of benzene rings is 1. The molecule has 2 N–H and O–H groups in total. The van der Waals surface area contributed by atoms with Crippen molar-refractivity contribution in [2.75, 3.05) is 14.2 Å². The number of nitrogens with one attached hydrogen (secondary N) is 2. The van der Waals surface area contributed by atoms with Gasteiger partial charge < -0.3 is 20.1 Å². The highest BCUT2D eigenvalue weighted by Gasteiger charge is 2.29. The minimum Gasteiger partial charge on any atom is -0.497 e. The molecular weight excluding hydrogens is 268 g/mol. The lowest BCUT2D eigenvalue weighted by molar-refractivity contribution is 0.233. The summed E-state index contributed by atoms with van der Waals surface area (Å²) in [5, 5.41) is 5.94. The van der Waals surface area contributed by atoms with Gasteiger partial charge in [0.1, 0.15) is 11.5 Å². The number of hydrogen-bond donors (Lipinski definition) is 2. The van der Waals surface area contributed by atoms with Gasteiger partial charge in [-0.05, 0) is 50.8 Å². The summed E-state index contributed by atoms with van der Waals surface area (Å²) < 4.78 is 10.6. The average molecular weight is 292 g/mol. The topological polar surface area (TPSA) is 59.6 Å². The number of carbonyl (C=O) groups excluding carboxylic acids is 1. The summed E-state index contributed by atoms with van der Waals surface area (Å²) >= 11 is 0. The maximum atomic E-state index is 12.0. The first-order chi connectivity index (χ1) is 10.0. The Kier molecular flexibility index (Phi) is 4.94. The van der Waals surface area contributed by atoms with Gasteiger partial charge in [0.2, 0.25) is 0 Å². The van der Waals surface area contributed by atoms with Crippen LogP contribution >= 0.6 is 0 Å². The van der Waals surface area contributed by atoms with Crippen molar-refractivity contribution in [2.45, 2.75) is 38.8 Å². The molecule has 5 heteroatoms. The molecule has 1 aromatic rings. The zero-order valence-corrected chi connectivity index (χ0v) is 13.1. The van der Waals surface area contributed by atoms with Gasteiger partial charge in [0.15, 0.2) is 0 Å². The number of hydrogen-bond acceptors (Lipinski definition) is 3. The van der Waals surface area contributed by atoms with Gasteiger partial charge in [0.25, 0.3) is 0 Å². The number of methoxy groups -OCH3 is 2. The smallest absolute Gasteiger partial charge is 0.315 e. The molecule has 116 valence electrons. The maximum absolute atomic E-state index is 12.0. The summed E-state index contributed by atoms with van der Waals surface area (Å²) in [7, 11) is 3.24. The molecule has 5 nitrogen and oxygen atoms in total. The molecule has 0 heterocycles. The van der Waals surface area contributed by atoms with Gasteiger partial charge in [-0.3, -0.25) is 0 Å². The van der Waals surface area contributed by atoms with Crippen molar-refractivity contribution >= 4 is 6.03 Å². The Bertz CT molecular complexity index is 500. The van der Waals surface area contributed by atoms with Crippen LogP contribution < -0.4 is 20.1 Å². The fourth-order valence-electron chi connectivity index (χ4n) is 2.41. The first-order valence-corrected chi connectivity index (χ1v) is 7.34. The minimum absolute atomic E-state index is 0.147. The molecule has 1 aliphatic rings. The van der Waals surface area contributed by atoms with Gasteiger partial charge >= 0.3 is 6.03 Å². The Morgan fingerprint density at radius 1 is 1.19 bits per heavy atom. The highest BCUT2D eigenvalue weighted by molar-refractivity contribution is 5.75. The van der Waals surface area contributed by atoms with Gasteiger partial charge in [-0.1, -0.05) is 0 Å². The first kappa shape index (κ1) is 15.5. The summed E-state index contributed by atoms with van der Waals surface area (Å²) in [6, 6.07) is 5.48. The Morgan fingerprint density at radius 3 is 2.48 bits per heavy atom. The molecule has 2 atom stereocenters. The lowest BCUT2D eigenvalue weighted by Crippen LogP contribution is -2.42. The largest absolute Gasteiger partial charge is 0.497 e. The van der Waals surface area contributed by atoms with Crippen LogP contribution in [0.25, 0.3) is 0 Å². The molecule has 21 heavy (non-hydrogen) atoms. The SMILES string of the molecule is COc1ccc(OC)c(C(C)NC(=O)NC(C)C2CC2)c1. The van der Waals surface area contributed by atoms with Gasteiger partial charge in [0.05, 0.1) is 20.3 Å². The average Bonchev–Trinajstić information content (AvgIpc) is 3.30. The Morgan fingerprint density at radius 2 is 1.90 bits per heavy atom. The van der Waals surface area contributed by atoms with E-state index in [2.05, 4.69) is 10.6 Å². The normalized spacial score (nSPS) is 16.8. The van der Waals surface area contributed by atoms with Crippen molar-refractivity contribution in [1.29, 1.82) is 0 Å². The second-order valence-corrected chi connectivity index (χ2v) is 5.57. The Hall–Kier alpha value is -1.91. The molecule has 0 bridgehead atoms. The maximum Gasteiger partial charge on any atom is 0.315 e. The minimum atomic E-state index is -0.165. The fourth-order valence-corrected chi connectivity index (χ4v) is 2.41. The van der Waals surface area contributed by atoms with E-state index >= 15 is 0 Å². The van der Waals surface area contributed by atoms with Crippen molar-refractivity contribution in [3.8, 4) is 11.5 Å². The van der Waals surface area contributed by atoms with Crippen LogP contribution in [0.1, 0.15) is 38.3 Å². The van der Waals surface area contributed by atoms with E-state index in [1.54, 1.807) is 14.2 Å². The quantitative estimate of drug-likeness (QED) is 0.847. The molecule has 0 radical (unpaired) electrons. The third kappa shape index (κ3) is 4.03. The standard InChI is InChI=1S/C16H24N2O3/c1-10(12-5-6-12)17-16(19)18-11(2)14-9-13(20-3)7-8-15(14)21-4/h7-12H,5-6H2,1-4H3,(H2,17,18,19). The van der Waals surface area contributed by atoms with E-state index in [1.807, 2.05) is 32.0 Å². The van der Waals surface area contributed by atoms with Crippen LogP contribution in [0.15, 0.2) is 18.2 Å². The molecule has 1 aliphatic carbocycles. The molecule has 2 amide bonds. The van der Waals surface area contributed by atoms with Crippen LogP contribution in [0, 0.1) is 5.92 Å². The van der Waals surface area contributed by atoms with Crippen LogP contribution in [0.5, 0.6) is 11.5 Å². The molecule has 1 saturated carbocycles. The molecule has 1 aromatic carbocycles. The molecule has 0 spiro atoms. The number of rotatable bonds is 6. The number of urea groups is 1. The van der Waals surface area contributed by atoms with Crippen molar-refractivity contribution in [3.63, 3.8) is 0 Å². The van der Waals surface area contributed by atoms with E-state index in [9.17, 15) is 4.79 Å². The second kappa shape index (κ2) is 6.70. The van der Waals surface area contributed by atoms with Gasteiger partial charge in [-0.2, -0.15) is 0 Å².